The van der Waals surface area contributed by atoms with Crippen LogP contribution in [0.3, 0.4) is 0 Å². The Labute approximate surface area is 76.9 Å². The highest BCUT2D eigenvalue weighted by Crippen LogP contribution is 2.44. The molecule has 4 heteroatoms. The number of hydrogen-bond donors (Lipinski definition) is 1. The zero-order valence-corrected chi connectivity index (χ0v) is 7.92. The molecule has 2 unspecified atom stereocenters. The van der Waals surface area contributed by atoms with Gasteiger partial charge in [-0.25, -0.2) is 4.39 Å². The van der Waals surface area contributed by atoms with Gasteiger partial charge in [-0.2, -0.15) is 0 Å². The van der Waals surface area contributed by atoms with E-state index >= 15 is 0 Å². The molecule has 1 N–H and O–H groups in total. The lowest BCUT2D eigenvalue weighted by atomic mass is 9.67. The van der Waals surface area contributed by atoms with Gasteiger partial charge in [0, 0.05) is 0 Å². The average Bonchev–Trinajstić information content (AvgIpc) is 2.02. The van der Waals surface area contributed by atoms with Gasteiger partial charge < -0.3 is 9.84 Å². The number of ether oxygens (including phenoxy) is 1. The Bertz CT molecular complexity index is 201. The van der Waals surface area contributed by atoms with Gasteiger partial charge in [-0.05, 0) is 26.7 Å². The zero-order valence-electron chi connectivity index (χ0n) is 7.92. The third kappa shape index (κ3) is 1.68. The molecule has 0 aromatic rings. The number of alkyl halides is 1. The Hall–Kier alpha value is -0.640. The molecule has 0 radical (unpaired) electrons. The smallest absolute Gasteiger partial charge is 0.317 e. The lowest BCUT2D eigenvalue weighted by molar-refractivity contribution is -0.178. The maximum absolute atomic E-state index is 13.1. The van der Waals surface area contributed by atoms with Gasteiger partial charge in [-0.3, -0.25) is 4.79 Å². The standard InChI is InChI=1S/C9H15FO3/c1-6(2)13-8(12)9(5-11)4-3-7(9)10/h6-7,11H,3-5H2,1-2H3. The normalized spacial score (nSPS) is 32.8. The topological polar surface area (TPSA) is 46.5 Å². The molecule has 1 aliphatic rings. The molecular weight excluding hydrogens is 175 g/mol. The monoisotopic (exact) mass is 190 g/mol. The second kappa shape index (κ2) is 3.62. The lowest BCUT2D eigenvalue weighted by Gasteiger charge is -2.41. The molecule has 1 aliphatic carbocycles. The molecule has 0 aromatic carbocycles. The molecule has 0 heterocycles. The summed E-state index contributed by atoms with van der Waals surface area (Å²) in [5, 5.41) is 8.95. The molecule has 1 saturated carbocycles. The van der Waals surface area contributed by atoms with Gasteiger partial charge in [0.2, 0.25) is 0 Å². The van der Waals surface area contributed by atoms with E-state index in [1.165, 1.54) is 0 Å². The van der Waals surface area contributed by atoms with Crippen molar-refractivity contribution in [2.75, 3.05) is 6.61 Å². The first-order valence-electron chi connectivity index (χ1n) is 4.49. The maximum atomic E-state index is 13.1. The number of aliphatic hydroxyl groups is 1. The summed E-state index contributed by atoms with van der Waals surface area (Å²) < 4.78 is 18.0. The molecule has 0 aromatic heterocycles. The summed E-state index contributed by atoms with van der Waals surface area (Å²) in [6.07, 6.45) is -0.781. The second-order valence-electron chi connectivity index (χ2n) is 3.77. The molecular formula is C9H15FO3. The highest BCUT2D eigenvalue weighted by Gasteiger charge is 2.54. The van der Waals surface area contributed by atoms with E-state index in [1.807, 2.05) is 0 Å². The van der Waals surface area contributed by atoms with Gasteiger partial charge in [0.05, 0.1) is 12.7 Å². The molecule has 0 saturated heterocycles. The van der Waals surface area contributed by atoms with Crippen molar-refractivity contribution in [3.63, 3.8) is 0 Å². The minimum absolute atomic E-state index is 0.260. The molecule has 1 fully saturated rings. The third-order valence-corrected chi connectivity index (χ3v) is 2.47. The minimum atomic E-state index is -1.26. The van der Waals surface area contributed by atoms with E-state index in [-0.39, 0.29) is 6.10 Å². The molecule has 0 aliphatic heterocycles. The SMILES string of the molecule is CC(C)OC(=O)C1(CO)CCC1F. The Morgan fingerprint density at radius 3 is 2.62 bits per heavy atom. The first kappa shape index (κ1) is 10.4. The van der Waals surface area contributed by atoms with Gasteiger partial charge in [-0.15, -0.1) is 0 Å². The molecule has 13 heavy (non-hydrogen) atoms. The quantitative estimate of drug-likeness (QED) is 0.676. The number of carbonyl (C=O) groups is 1. The van der Waals surface area contributed by atoms with Crippen molar-refractivity contribution in [2.45, 2.75) is 39.0 Å². The fraction of sp³-hybridized carbons (Fsp3) is 0.889. The first-order chi connectivity index (χ1) is 6.03. The zero-order chi connectivity index (χ0) is 10.1. The Morgan fingerprint density at radius 2 is 2.38 bits per heavy atom. The number of carbonyl (C=O) groups excluding carboxylic acids is 1. The van der Waals surface area contributed by atoms with E-state index in [9.17, 15) is 9.18 Å². The van der Waals surface area contributed by atoms with Crippen LogP contribution in [0.25, 0.3) is 0 Å². The lowest BCUT2D eigenvalue weighted by Crippen LogP contribution is -2.52. The Balaban J connectivity index is 2.61. The van der Waals surface area contributed by atoms with Gasteiger partial charge in [0.1, 0.15) is 11.6 Å². The molecule has 1 rings (SSSR count). The van der Waals surface area contributed by atoms with Crippen LogP contribution >= 0.6 is 0 Å². The minimum Gasteiger partial charge on any atom is -0.462 e. The summed E-state index contributed by atoms with van der Waals surface area (Å²) in [5.41, 5.74) is -1.26. The molecule has 2 atom stereocenters. The van der Waals surface area contributed by atoms with E-state index in [0.29, 0.717) is 12.8 Å². The van der Waals surface area contributed by atoms with Crippen LogP contribution in [0.4, 0.5) is 4.39 Å². The van der Waals surface area contributed by atoms with Crippen LogP contribution in [-0.4, -0.2) is 30.0 Å². The summed E-state index contributed by atoms with van der Waals surface area (Å²) in [6, 6.07) is 0. The summed E-state index contributed by atoms with van der Waals surface area (Å²) in [7, 11) is 0. The molecule has 0 spiro atoms. The largest absolute Gasteiger partial charge is 0.462 e. The van der Waals surface area contributed by atoms with Crippen LogP contribution in [-0.2, 0) is 9.53 Å². The molecule has 76 valence electrons. The van der Waals surface area contributed by atoms with Crippen molar-refractivity contribution in [1.29, 1.82) is 0 Å². The summed E-state index contributed by atoms with van der Waals surface area (Å²) in [4.78, 5) is 11.4. The fourth-order valence-corrected chi connectivity index (χ4v) is 1.41. The fourth-order valence-electron chi connectivity index (χ4n) is 1.41. The summed E-state index contributed by atoms with van der Waals surface area (Å²) in [5.74, 6) is -0.608. The van der Waals surface area contributed by atoms with Crippen molar-refractivity contribution in [2.24, 2.45) is 5.41 Å². The predicted octanol–water partition coefficient (Wildman–Crippen LogP) is 1.05. The van der Waals surface area contributed by atoms with Crippen LogP contribution in [0.1, 0.15) is 26.7 Å². The van der Waals surface area contributed by atoms with Gasteiger partial charge in [0.15, 0.2) is 0 Å². The van der Waals surface area contributed by atoms with Crippen LogP contribution < -0.4 is 0 Å². The van der Waals surface area contributed by atoms with Crippen LogP contribution in [0, 0.1) is 5.41 Å². The third-order valence-electron chi connectivity index (χ3n) is 2.47. The Kier molecular flexibility index (Phi) is 2.91. The van der Waals surface area contributed by atoms with Crippen LogP contribution in [0.5, 0.6) is 0 Å². The van der Waals surface area contributed by atoms with Gasteiger partial charge in [-0.1, -0.05) is 0 Å². The van der Waals surface area contributed by atoms with Crippen molar-refractivity contribution in [3.05, 3.63) is 0 Å². The van der Waals surface area contributed by atoms with Crippen LogP contribution in [0.2, 0.25) is 0 Å². The highest BCUT2D eigenvalue weighted by molar-refractivity contribution is 5.79. The van der Waals surface area contributed by atoms with Crippen molar-refractivity contribution in [1.82, 2.24) is 0 Å². The van der Waals surface area contributed by atoms with Crippen molar-refractivity contribution in [3.8, 4) is 0 Å². The van der Waals surface area contributed by atoms with Gasteiger partial charge >= 0.3 is 5.97 Å². The van der Waals surface area contributed by atoms with Crippen molar-refractivity contribution < 1.29 is 19.0 Å². The summed E-state index contributed by atoms with van der Waals surface area (Å²) in [6.45, 7) is 2.95. The van der Waals surface area contributed by atoms with Crippen LogP contribution in [0.15, 0.2) is 0 Å². The first-order valence-corrected chi connectivity index (χ1v) is 4.49. The number of halogens is 1. The number of esters is 1. The number of rotatable bonds is 3. The van der Waals surface area contributed by atoms with E-state index in [4.69, 9.17) is 9.84 Å². The number of hydrogen-bond acceptors (Lipinski definition) is 3. The second-order valence-corrected chi connectivity index (χ2v) is 3.77. The van der Waals surface area contributed by atoms with Gasteiger partial charge in [0.25, 0.3) is 0 Å². The highest BCUT2D eigenvalue weighted by atomic mass is 19.1. The Morgan fingerprint density at radius 1 is 1.77 bits per heavy atom. The predicted molar refractivity (Wildman–Crippen MR) is 44.9 cm³/mol. The molecule has 0 bridgehead atoms. The average molecular weight is 190 g/mol. The molecule has 0 amide bonds. The summed E-state index contributed by atoms with van der Waals surface area (Å²) >= 11 is 0. The van der Waals surface area contributed by atoms with E-state index < -0.39 is 24.2 Å². The molecule has 3 nitrogen and oxygen atoms in total. The van der Waals surface area contributed by atoms with Crippen molar-refractivity contribution >= 4 is 5.97 Å². The number of aliphatic hydroxyl groups excluding tert-OH is 1. The van der Waals surface area contributed by atoms with E-state index in [2.05, 4.69) is 0 Å². The van der Waals surface area contributed by atoms with E-state index in [0.717, 1.165) is 0 Å². The maximum Gasteiger partial charge on any atom is 0.317 e. The van der Waals surface area contributed by atoms with E-state index in [1.54, 1.807) is 13.8 Å².